The van der Waals surface area contributed by atoms with Crippen LogP contribution in [-0.4, -0.2) is 43.1 Å². The van der Waals surface area contributed by atoms with Crippen molar-refractivity contribution in [3.63, 3.8) is 0 Å². The summed E-state index contributed by atoms with van der Waals surface area (Å²) in [6, 6.07) is 0. The molecule has 0 radical (unpaired) electrons. The van der Waals surface area contributed by atoms with Crippen molar-refractivity contribution in [2.24, 2.45) is 0 Å². The Morgan fingerprint density at radius 3 is 2.83 bits per heavy atom. The first kappa shape index (κ1) is 18.7. The lowest BCUT2D eigenvalue weighted by Crippen LogP contribution is -2.24. The smallest absolute Gasteiger partial charge is 0.324 e. The maximum absolute atomic E-state index is 11.4. The van der Waals surface area contributed by atoms with Crippen molar-refractivity contribution in [3.05, 3.63) is 0 Å². The molecule has 1 unspecified atom stereocenters. The van der Waals surface area contributed by atoms with Crippen molar-refractivity contribution in [1.29, 1.82) is 0 Å². The second-order valence-corrected chi connectivity index (χ2v) is 8.91. The molecule has 1 amide bonds. The molecule has 108 valence electrons. The zero-order chi connectivity index (χ0) is 13.9. The van der Waals surface area contributed by atoms with E-state index in [4.69, 9.17) is 4.52 Å². The van der Waals surface area contributed by atoms with Gasteiger partial charge in [0.1, 0.15) is 0 Å². The molecule has 0 saturated carbocycles. The van der Waals surface area contributed by atoms with E-state index in [1.807, 2.05) is 6.26 Å². The first-order chi connectivity index (χ1) is 8.52. The average molecular weight is 333 g/mol. The third-order valence-electron chi connectivity index (χ3n) is 1.88. The SMILES string of the molecule is COP(O)(=S)OCCCC(=O)NCCCSSC. The molecule has 0 aromatic carbocycles. The van der Waals surface area contributed by atoms with Crippen molar-refractivity contribution in [2.75, 3.05) is 32.3 Å². The highest BCUT2D eigenvalue weighted by Gasteiger charge is 2.11. The van der Waals surface area contributed by atoms with Crippen LogP contribution in [0.4, 0.5) is 0 Å². The lowest BCUT2D eigenvalue weighted by molar-refractivity contribution is -0.121. The molecule has 0 aromatic rings. The van der Waals surface area contributed by atoms with Crippen LogP contribution in [0.25, 0.3) is 0 Å². The Labute approximate surface area is 121 Å². The van der Waals surface area contributed by atoms with E-state index in [0.29, 0.717) is 19.4 Å². The highest BCUT2D eigenvalue weighted by molar-refractivity contribution is 8.76. The van der Waals surface area contributed by atoms with Crippen LogP contribution < -0.4 is 5.32 Å². The van der Waals surface area contributed by atoms with Gasteiger partial charge in [0.25, 0.3) is 0 Å². The van der Waals surface area contributed by atoms with Crippen molar-refractivity contribution < 1.29 is 18.7 Å². The van der Waals surface area contributed by atoms with Gasteiger partial charge in [0.05, 0.1) is 6.61 Å². The Hall–Kier alpha value is 0.700. The molecule has 0 heterocycles. The molecule has 0 rings (SSSR count). The Morgan fingerprint density at radius 1 is 1.50 bits per heavy atom. The van der Waals surface area contributed by atoms with E-state index in [1.165, 1.54) is 7.11 Å². The molecule has 0 bridgehead atoms. The summed E-state index contributed by atoms with van der Waals surface area (Å²) in [7, 11) is 4.81. The molecule has 0 aliphatic carbocycles. The van der Waals surface area contributed by atoms with E-state index in [-0.39, 0.29) is 12.5 Å². The summed E-state index contributed by atoms with van der Waals surface area (Å²) in [4.78, 5) is 20.7. The Morgan fingerprint density at radius 2 is 2.22 bits per heavy atom. The molecule has 0 spiro atoms. The largest absolute Gasteiger partial charge is 0.356 e. The second-order valence-electron chi connectivity index (χ2n) is 3.28. The van der Waals surface area contributed by atoms with E-state index in [9.17, 15) is 9.69 Å². The van der Waals surface area contributed by atoms with Gasteiger partial charge in [-0.25, -0.2) is 0 Å². The average Bonchev–Trinajstić information content (AvgIpc) is 2.34. The first-order valence-corrected chi connectivity index (χ1v) is 10.8. The summed E-state index contributed by atoms with van der Waals surface area (Å²) in [6.45, 7) is -2.14. The summed E-state index contributed by atoms with van der Waals surface area (Å²) in [6.07, 6.45) is 3.89. The van der Waals surface area contributed by atoms with Gasteiger partial charge >= 0.3 is 6.72 Å². The second kappa shape index (κ2) is 11.5. The molecule has 1 atom stereocenters. The van der Waals surface area contributed by atoms with Gasteiger partial charge in [-0.1, -0.05) is 21.6 Å². The van der Waals surface area contributed by atoms with Crippen molar-refractivity contribution in [2.45, 2.75) is 19.3 Å². The van der Waals surface area contributed by atoms with Gasteiger partial charge in [-0.05, 0) is 30.9 Å². The molecule has 0 fully saturated rings. The molecular weight excluding hydrogens is 313 g/mol. The molecule has 18 heavy (non-hydrogen) atoms. The normalized spacial score (nSPS) is 14.2. The number of carbonyl (C=O) groups excluding carboxylic acids is 1. The standard InChI is InChI=1S/C9H20NO4PS3/c1-13-15(12,16)14-7-3-5-9(11)10-6-4-8-18-17-2/h3-8H2,1-2H3,(H,10,11)(H,12,16). The summed E-state index contributed by atoms with van der Waals surface area (Å²) in [5.74, 6) is 1.03. The fourth-order valence-electron chi connectivity index (χ4n) is 0.996. The van der Waals surface area contributed by atoms with Gasteiger partial charge < -0.3 is 19.3 Å². The maximum atomic E-state index is 11.4. The van der Waals surface area contributed by atoms with E-state index < -0.39 is 6.72 Å². The van der Waals surface area contributed by atoms with Gasteiger partial charge in [-0.2, -0.15) is 0 Å². The summed E-state index contributed by atoms with van der Waals surface area (Å²) in [5, 5.41) is 2.83. The van der Waals surface area contributed by atoms with Crippen LogP contribution in [0.15, 0.2) is 0 Å². The molecule has 5 nitrogen and oxygen atoms in total. The van der Waals surface area contributed by atoms with Crippen LogP contribution in [-0.2, 0) is 25.6 Å². The zero-order valence-electron chi connectivity index (χ0n) is 10.6. The molecule has 0 saturated heterocycles. The molecule has 0 aliphatic heterocycles. The minimum absolute atomic E-state index is 0.00332. The third-order valence-corrected chi connectivity index (χ3v) is 5.51. The number of hydrogen-bond donors (Lipinski definition) is 2. The minimum Gasteiger partial charge on any atom is -0.356 e. The number of carbonyl (C=O) groups is 1. The Bertz CT molecular complexity index is 281. The van der Waals surface area contributed by atoms with E-state index in [0.717, 1.165) is 12.2 Å². The lowest BCUT2D eigenvalue weighted by atomic mass is 10.3. The number of nitrogens with one attached hydrogen (secondary N) is 1. The topological polar surface area (TPSA) is 67.8 Å². The first-order valence-electron chi connectivity index (χ1n) is 5.47. The predicted molar refractivity (Wildman–Crippen MR) is 82.3 cm³/mol. The van der Waals surface area contributed by atoms with E-state index in [1.54, 1.807) is 21.6 Å². The molecule has 9 heteroatoms. The van der Waals surface area contributed by atoms with Gasteiger partial charge in [0, 0.05) is 25.8 Å². The molecule has 0 aliphatic rings. The fraction of sp³-hybridized carbons (Fsp3) is 0.889. The minimum atomic E-state index is -3.07. The number of amides is 1. The summed E-state index contributed by atoms with van der Waals surface area (Å²) in [5.41, 5.74) is 0. The van der Waals surface area contributed by atoms with Gasteiger partial charge in [0.2, 0.25) is 5.91 Å². The fourth-order valence-corrected chi connectivity index (χ4v) is 2.97. The maximum Gasteiger partial charge on any atom is 0.324 e. The van der Waals surface area contributed by atoms with Crippen LogP contribution >= 0.6 is 28.3 Å². The van der Waals surface area contributed by atoms with Crippen molar-refractivity contribution in [3.8, 4) is 0 Å². The van der Waals surface area contributed by atoms with Gasteiger partial charge in [0.15, 0.2) is 0 Å². The molecule has 2 N–H and O–H groups in total. The Kier molecular flexibility index (Phi) is 12.0. The molecule has 0 aromatic heterocycles. The quantitative estimate of drug-likeness (QED) is 0.341. The van der Waals surface area contributed by atoms with Crippen LogP contribution in [0.5, 0.6) is 0 Å². The highest BCUT2D eigenvalue weighted by Crippen LogP contribution is 2.42. The van der Waals surface area contributed by atoms with Crippen LogP contribution in [0, 0.1) is 0 Å². The van der Waals surface area contributed by atoms with Crippen LogP contribution in [0.1, 0.15) is 19.3 Å². The number of rotatable bonds is 11. The van der Waals surface area contributed by atoms with Crippen LogP contribution in [0.3, 0.4) is 0 Å². The predicted octanol–water partition coefficient (Wildman–Crippen LogP) is 2.16. The summed E-state index contributed by atoms with van der Waals surface area (Å²) < 4.78 is 9.56. The summed E-state index contributed by atoms with van der Waals surface area (Å²) >= 11 is 4.65. The van der Waals surface area contributed by atoms with Gasteiger partial charge in [-0.3, -0.25) is 4.79 Å². The highest BCUT2D eigenvalue weighted by atomic mass is 33.1. The van der Waals surface area contributed by atoms with E-state index >= 15 is 0 Å². The lowest BCUT2D eigenvalue weighted by Gasteiger charge is -2.12. The molecular formula is C9H20NO4PS3. The Balaban J connectivity index is 3.40. The zero-order valence-corrected chi connectivity index (χ0v) is 13.9. The van der Waals surface area contributed by atoms with Crippen molar-refractivity contribution in [1.82, 2.24) is 5.32 Å². The van der Waals surface area contributed by atoms with Crippen LogP contribution in [0.2, 0.25) is 0 Å². The number of hydrogen-bond acceptors (Lipinski definition) is 6. The van der Waals surface area contributed by atoms with E-state index in [2.05, 4.69) is 21.6 Å². The van der Waals surface area contributed by atoms with Gasteiger partial charge in [-0.15, -0.1) is 0 Å². The van der Waals surface area contributed by atoms with Crippen molar-refractivity contribution >= 4 is 46.0 Å². The monoisotopic (exact) mass is 333 g/mol. The third kappa shape index (κ3) is 11.8.